The zero-order chi connectivity index (χ0) is 28.4. The molecule has 41 heavy (non-hydrogen) atoms. The lowest BCUT2D eigenvalue weighted by molar-refractivity contribution is 0.414. The van der Waals surface area contributed by atoms with E-state index in [0.29, 0.717) is 5.39 Å². The second-order valence-electron chi connectivity index (χ2n) is 9.48. The van der Waals surface area contributed by atoms with Crippen LogP contribution < -0.4 is 4.74 Å². The van der Waals surface area contributed by atoms with Crippen LogP contribution >= 0.6 is 0 Å². The summed E-state index contributed by atoms with van der Waals surface area (Å²) < 4.78 is 39.5. The van der Waals surface area contributed by atoms with Gasteiger partial charge in [-0.2, -0.15) is 0 Å². The smallest absolute Gasteiger partial charge is 0.166 e. The van der Waals surface area contributed by atoms with E-state index in [1.807, 2.05) is 48.5 Å². The molecule has 4 nitrogen and oxygen atoms in total. The number of methoxy groups -OCH3 is 1. The first-order chi connectivity index (χ1) is 19.9. The van der Waals surface area contributed by atoms with Gasteiger partial charge in [0.05, 0.1) is 22.9 Å². The first kappa shape index (κ1) is 26.8. The zero-order valence-electron chi connectivity index (χ0n) is 22.2. The summed E-state index contributed by atoms with van der Waals surface area (Å²) in [5.41, 5.74) is 0. The van der Waals surface area contributed by atoms with Gasteiger partial charge in [-0.3, -0.25) is 0 Å². The molecule has 0 aliphatic rings. The third kappa shape index (κ3) is 5.37. The molecule has 7 rings (SSSR count). The molecule has 0 aliphatic heterocycles. The Kier molecular flexibility index (Phi) is 7.37. The molecule has 0 bridgehead atoms. The number of hydrogen-bond donors (Lipinski definition) is 0. The first-order valence-electron chi connectivity index (χ1n) is 13.0. The predicted molar refractivity (Wildman–Crippen MR) is 166 cm³/mol. The molecule has 0 atom stereocenters. The van der Waals surface area contributed by atoms with Crippen molar-refractivity contribution in [3.8, 4) is 5.75 Å². The Hall–Kier alpha value is -4.36. The van der Waals surface area contributed by atoms with Crippen LogP contribution in [0.1, 0.15) is 0 Å². The van der Waals surface area contributed by atoms with Crippen LogP contribution in [-0.4, -0.2) is 20.1 Å². The van der Waals surface area contributed by atoms with Crippen molar-refractivity contribution in [2.75, 3.05) is 7.11 Å². The van der Waals surface area contributed by atoms with Crippen molar-refractivity contribution in [2.24, 2.45) is 0 Å². The number of hydrogen-bond acceptors (Lipinski definition) is 4. The van der Waals surface area contributed by atoms with Crippen molar-refractivity contribution in [1.82, 2.24) is 0 Å². The SMILES string of the molecule is COc1ccc([S+](c2ccccc2)c2ccccc2)cc1.O=S(=O)([O-])c1ccc2ccc3cccc4ccc1c2c34. The fourth-order valence-corrected chi connectivity index (χ4v) is 7.92. The Morgan fingerprint density at radius 2 is 1.02 bits per heavy atom. The van der Waals surface area contributed by atoms with Gasteiger partial charge < -0.3 is 9.29 Å². The van der Waals surface area contributed by atoms with Crippen LogP contribution in [0.2, 0.25) is 0 Å². The van der Waals surface area contributed by atoms with Crippen LogP contribution in [0.5, 0.6) is 5.75 Å². The van der Waals surface area contributed by atoms with Gasteiger partial charge in [-0.15, -0.1) is 0 Å². The van der Waals surface area contributed by atoms with Crippen LogP contribution in [0.25, 0.3) is 32.3 Å². The van der Waals surface area contributed by atoms with Crippen molar-refractivity contribution in [3.05, 3.63) is 140 Å². The molecular formula is C35H26O4S2. The van der Waals surface area contributed by atoms with Crippen LogP contribution in [0.15, 0.2) is 159 Å². The van der Waals surface area contributed by atoms with Gasteiger partial charge in [0, 0.05) is 5.39 Å². The molecule has 0 unspecified atom stereocenters. The molecule has 0 aliphatic carbocycles. The van der Waals surface area contributed by atoms with E-state index in [1.54, 1.807) is 19.2 Å². The lowest BCUT2D eigenvalue weighted by Crippen LogP contribution is -2.04. The second kappa shape index (κ2) is 11.3. The summed E-state index contributed by atoms with van der Waals surface area (Å²) >= 11 is 0. The molecule has 0 spiro atoms. The van der Waals surface area contributed by atoms with E-state index >= 15 is 0 Å². The molecule has 0 heterocycles. The van der Waals surface area contributed by atoms with Crippen molar-refractivity contribution in [3.63, 3.8) is 0 Å². The summed E-state index contributed by atoms with van der Waals surface area (Å²) in [6, 6.07) is 46.2. The Labute approximate surface area is 242 Å². The zero-order valence-corrected chi connectivity index (χ0v) is 23.9. The molecule has 0 radical (unpaired) electrons. The van der Waals surface area contributed by atoms with E-state index in [-0.39, 0.29) is 15.8 Å². The lowest BCUT2D eigenvalue weighted by Gasteiger charge is -2.15. The minimum atomic E-state index is -4.48. The monoisotopic (exact) mass is 574 g/mol. The van der Waals surface area contributed by atoms with Crippen LogP contribution in [0.4, 0.5) is 0 Å². The maximum Gasteiger partial charge on any atom is 0.166 e. The Morgan fingerprint density at radius 3 is 1.56 bits per heavy atom. The van der Waals surface area contributed by atoms with E-state index in [1.165, 1.54) is 20.8 Å². The highest BCUT2D eigenvalue weighted by Crippen LogP contribution is 2.37. The molecule has 0 aromatic heterocycles. The van der Waals surface area contributed by atoms with Gasteiger partial charge in [-0.1, -0.05) is 84.9 Å². The average Bonchev–Trinajstić information content (AvgIpc) is 3.01. The summed E-state index contributed by atoms with van der Waals surface area (Å²) in [5, 5.41) is 5.38. The van der Waals surface area contributed by atoms with Gasteiger partial charge >= 0.3 is 0 Å². The fraction of sp³-hybridized carbons (Fsp3) is 0.0286. The van der Waals surface area contributed by atoms with E-state index in [2.05, 4.69) is 72.8 Å². The Bertz CT molecular complexity index is 1990. The van der Waals surface area contributed by atoms with Crippen LogP contribution in [-0.2, 0) is 21.0 Å². The third-order valence-corrected chi connectivity index (χ3v) is 10.1. The fourth-order valence-electron chi connectivity index (χ4n) is 5.16. The molecule has 7 aromatic carbocycles. The highest BCUT2D eigenvalue weighted by atomic mass is 32.2. The van der Waals surface area contributed by atoms with Gasteiger partial charge in [0.15, 0.2) is 14.7 Å². The van der Waals surface area contributed by atoms with E-state index < -0.39 is 10.1 Å². The largest absolute Gasteiger partial charge is 0.744 e. The van der Waals surface area contributed by atoms with Gasteiger partial charge in [0.1, 0.15) is 15.9 Å². The van der Waals surface area contributed by atoms with Crippen molar-refractivity contribution in [2.45, 2.75) is 19.6 Å². The standard InChI is InChI=1S/C19H17OS.C16H10O3S/c1-20-16-12-14-19(15-13-16)21(17-8-4-2-5-9-17)18-10-6-3-7-11-18;17-20(18,19)14-9-7-12-5-4-10-2-1-3-11-6-8-13(14)16(12)15(10)11/h2-15H,1H3;1-9H,(H,17,18,19)/q+1;/p-1. The Morgan fingerprint density at radius 1 is 0.537 bits per heavy atom. The number of ether oxygens (including phenoxy) is 1. The quantitative estimate of drug-likeness (QED) is 0.118. The molecule has 6 heteroatoms. The summed E-state index contributed by atoms with van der Waals surface area (Å²) in [6.45, 7) is 0. The molecule has 0 saturated heterocycles. The maximum atomic E-state index is 11.4. The summed E-state index contributed by atoms with van der Waals surface area (Å²) in [6.07, 6.45) is 0. The van der Waals surface area contributed by atoms with E-state index in [9.17, 15) is 13.0 Å². The van der Waals surface area contributed by atoms with Crippen LogP contribution in [0, 0.1) is 0 Å². The summed E-state index contributed by atoms with van der Waals surface area (Å²) in [7, 11) is -2.86. The van der Waals surface area contributed by atoms with E-state index in [4.69, 9.17) is 4.74 Å². The van der Waals surface area contributed by atoms with Crippen molar-refractivity contribution in [1.29, 1.82) is 0 Å². The topological polar surface area (TPSA) is 66.4 Å². The molecular weight excluding hydrogens is 549 g/mol. The molecule has 0 N–H and O–H groups in total. The molecule has 202 valence electrons. The number of benzene rings is 7. The summed E-state index contributed by atoms with van der Waals surface area (Å²) in [4.78, 5) is 3.80. The molecule has 0 fully saturated rings. The summed E-state index contributed by atoms with van der Waals surface area (Å²) in [5.74, 6) is 0.892. The highest BCUT2D eigenvalue weighted by Gasteiger charge is 2.28. The molecule has 0 saturated carbocycles. The molecule has 7 aromatic rings. The second-order valence-corrected chi connectivity index (χ2v) is 12.9. The van der Waals surface area contributed by atoms with Gasteiger partial charge in [-0.05, 0) is 81.5 Å². The first-order valence-corrected chi connectivity index (χ1v) is 15.7. The maximum absolute atomic E-state index is 11.4. The van der Waals surface area contributed by atoms with Gasteiger partial charge in [0.25, 0.3) is 0 Å². The van der Waals surface area contributed by atoms with Crippen LogP contribution in [0.3, 0.4) is 0 Å². The van der Waals surface area contributed by atoms with Crippen molar-refractivity contribution < 1.29 is 17.7 Å². The van der Waals surface area contributed by atoms with Crippen molar-refractivity contribution >= 4 is 53.3 Å². The van der Waals surface area contributed by atoms with E-state index in [0.717, 1.165) is 32.7 Å². The predicted octanol–water partition coefficient (Wildman–Crippen LogP) is 8.28. The molecule has 0 amide bonds. The normalized spacial score (nSPS) is 11.6. The van der Waals surface area contributed by atoms with Gasteiger partial charge in [-0.25, -0.2) is 8.42 Å². The number of rotatable bonds is 5. The van der Waals surface area contributed by atoms with Gasteiger partial charge in [0.2, 0.25) is 0 Å². The third-order valence-electron chi connectivity index (χ3n) is 7.01. The minimum Gasteiger partial charge on any atom is -0.744 e. The highest BCUT2D eigenvalue weighted by molar-refractivity contribution is 7.97. The Balaban J connectivity index is 0.000000148. The average molecular weight is 575 g/mol. The lowest BCUT2D eigenvalue weighted by atomic mass is 9.94. The minimum absolute atomic E-state index is 0.0804.